The van der Waals surface area contributed by atoms with E-state index in [1.54, 1.807) is 6.26 Å². The lowest BCUT2D eigenvalue weighted by atomic mass is 10.00. The van der Waals surface area contributed by atoms with Crippen LogP contribution in [0.3, 0.4) is 0 Å². The predicted octanol–water partition coefficient (Wildman–Crippen LogP) is 3.14. The van der Waals surface area contributed by atoms with E-state index >= 15 is 0 Å². The van der Waals surface area contributed by atoms with Crippen molar-refractivity contribution < 1.29 is 4.42 Å². The molecule has 0 fully saturated rings. The Kier molecular flexibility index (Phi) is 3.11. The number of benzene rings is 1. The molecule has 0 saturated heterocycles. The van der Waals surface area contributed by atoms with Crippen LogP contribution in [0.25, 0.3) is 0 Å². The van der Waals surface area contributed by atoms with Crippen molar-refractivity contribution in [2.75, 3.05) is 0 Å². The van der Waals surface area contributed by atoms with Crippen molar-refractivity contribution >= 4 is 0 Å². The summed E-state index contributed by atoms with van der Waals surface area (Å²) in [6.07, 6.45) is 2.54. The van der Waals surface area contributed by atoms with Crippen LogP contribution in [0.2, 0.25) is 0 Å². The first-order valence-corrected chi connectivity index (χ1v) is 5.52. The number of nitrogens with two attached hydrogens (primary N) is 1. The smallest absolute Gasteiger partial charge is 0.105 e. The summed E-state index contributed by atoms with van der Waals surface area (Å²) < 4.78 is 5.26. The van der Waals surface area contributed by atoms with Gasteiger partial charge in [0.2, 0.25) is 0 Å². The van der Waals surface area contributed by atoms with Gasteiger partial charge in [0.05, 0.1) is 6.26 Å². The highest BCUT2D eigenvalue weighted by Gasteiger charge is 2.11. The number of hydrogen-bond acceptors (Lipinski definition) is 2. The van der Waals surface area contributed by atoms with Crippen molar-refractivity contribution in [3.05, 3.63) is 59.0 Å². The average molecular weight is 215 g/mol. The average Bonchev–Trinajstić information content (AvgIpc) is 2.68. The van der Waals surface area contributed by atoms with E-state index in [-0.39, 0.29) is 6.04 Å². The second-order valence-electron chi connectivity index (χ2n) is 4.23. The van der Waals surface area contributed by atoms with Crippen LogP contribution in [0.5, 0.6) is 0 Å². The van der Waals surface area contributed by atoms with Crippen molar-refractivity contribution in [2.24, 2.45) is 5.73 Å². The summed E-state index contributed by atoms with van der Waals surface area (Å²) in [5, 5.41) is 0. The molecule has 0 aliphatic rings. The molecular formula is C14H17NO. The lowest BCUT2D eigenvalue weighted by Crippen LogP contribution is -2.13. The molecule has 2 N–H and O–H groups in total. The molecule has 0 aliphatic heterocycles. The van der Waals surface area contributed by atoms with Gasteiger partial charge in [0.25, 0.3) is 0 Å². The SMILES string of the molecule is Cc1ccc(CC(N)c2ccoc2C)cc1. The van der Waals surface area contributed by atoms with Gasteiger partial charge in [0, 0.05) is 11.6 Å². The maximum Gasteiger partial charge on any atom is 0.105 e. The summed E-state index contributed by atoms with van der Waals surface area (Å²) in [6, 6.07) is 10.5. The highest BCUT2D eigenvalue weighted by molar-refractivity contribution is 5.26. The van der Waals surface area contributed by atoms with E-state index in [1.165, 1.54) is 11.1 Å². The van der Waals surface area contributed by atoms with Gasteiger partial charge in [-0.1, -0.05) is 29.8 Å². The monoisotopic (exact) mass is 215 g/mol. The quantitative estimate of drug-likeness (QED) is 0.854. The molecule has 0 radical (unpaired) electrons. The second kappa shape index (κ2) is 4.54. The first kappa shape index (κ1) is 11.0. The Morgan fingerprint density at radius 1 is 1.12 bits per heavy atom. The fourth-order valence-electron chi connectivity index (χ4n) is 1.87. The third-order valence-corrected chi connectivity index (χ3v) is 2.87. The molecule has 0 bridgehead atoms. The molecule has 1 aromatic heterocycles. The summed E-state index contributed by atoms with van der Waals surface area (Å²) in [6.45, 7) is 4.04. The molecule has 1 aromatic carbocycles. The fourth-order valence-corrected chi connectivity index (χ4v) is 1.87. The first-order chi connectivity index (χ1) is 7.66. The molecule has 1 unspecified atom stereocenters. The summed E-state index contributed by atoms with van der Waals surface area (Å²) in [7, 11) is 0. The molecule has 0 aliphatic carbocycles. The number of rotatable bonds is 3. The lowest BCUT2D eigenvalue weighted by molar-refractivity contribution is 0.524. The second-order valence-corrected chi connectivity index (χ2v) is 4.23. The lowest BCUT2D eigenvalue weighted by Gasteiger charge is -2.10. The van der Waals surface area contributed by atoms with E-state index < -0.39 is 0 Å². The van der Waals surface area contributed by atoms with Gasteiger partial charge in [-0.2, -0.15) is 0 Å². The Morgan fingerprint density at radius 2 is 1.81 bits per heavy atom. The van der Waals surface area contributed by atoms with Crippen LogP contribution in [0.15, 0.2) is 41.0 Å². The maximum absolute atomic E-state index is 6.15. The van der Waals surface area contributed by atoms with E-state index in [2.05, 4.69) is 31.2 Å². The highest BCUT2D eigenvalue weighted by atomic mass is 16.3. The molecule has 1 atom stereocenters. The summed E-state index contributed by atoms with van der Waals surface area (Å²) in [4.78, 5) is 0. The van der Waals surface area contributed by atoms with E-state index in [0.29, 0.717) is 0 Å². The topological polar surface area (TPSA) is 39.2 Å². The van der Waals surface area contributed by atoms with Crippen molar-refractivity contribution in [3.63, 3.8) is 0 Å². The third kappa shape index (κ3) is 2.34. The van der Waals surface area contributed by atoms with Crippen LogP contribution < -0.4 is 5.73 Å². The first-order valence-electron chi connectivity index (χ1n) is 5.52. The predicted molar refractivity (Wildman–Crippen MR) is 65.3 cm³/mol. The zero-order valence-corrected chi connectivity index (χ0v) is 9.73. The minimum atomic E-state index is 0.0152. The highest BCUT2D eigenvalue weighted by Crippen LogP contribution is 2.20. The number of furan rings is 1. The van der Waals surface area contributed by atoms with Gasteiger partial charge < -0.3 is 10.2 Å². The van der Waals surface area contributed by atoms with Gasteiger partial charge in [-0.25, -0.2) is 0 Å². The normalized spacial score (nSPS) is 12.7. The van der Waals surface area contributed by atoms with Crippen molar-refractivity contribution in [3.8, 4) is 0 Å². The Bertz CT molecular complexity index is 456. The fraction of sp³-hybridized carbons (Fsp3) is 0.286. The molecule has 0 spiro atoms. The summed E-state index contributed by atoms with van der Waals surface area (Å²) >= 11 is 0. The van der Waals surface area contributed by atoms with Gasteiger partial charge in [0.15, 0.2) is 0 Å². The zero-order chi connectivity index (χ0) is 11.5. The molecule has 0 amide bonds. The standard InChI is InChI=1S/C14H17NO/c1-10-3-5-12(6-4-10)9-14(15)13-7-8-16-11(13)2/h3-8,14H,9,15H2,1-2H3. The summed E-state index contributed by atoms with van der Waals surface area (Å²) in [5.41, 5.74) is 9.79. The number of hydrogen-bond donors (Lipinski definition) is 1. The van der Waals surface area contributed by atoms with Crippen LogP contribution in [-0.4, -0.2) is 0 Å². The molecule has 2 heteroatoms. The molecule has 0 saturated carbocycles. The summed E-state index contributed by atoms with van der Waals surface area (Å²) in [5.74, 6) is 0.916. The van der Waals surface area contributed by atoms with Crippen LogP contribution in [-0.2, 0) is 6.42 Å². The van der Waals surface area contributed by atoms with Crippen molar-refractivity contribution in [1.29, 1.82) is 0 Å². The van der Waals surface area contributed by atoms with Crippen LogP contribution in [0, 0.1) is 13.8 Å². The van der Waals surface area contributed by atoms with E-state index in [9.17, 15) is 0 Å². The molecule has 2 aromatic rings. The molecular weight excluding hydrogens is 198 g/mol. The third-order valence-electron chi connectivity index (χ3n) is 2.87. The molecule has 16 heavy (non-hydrogen) atoms. The van der Waals surface area contributed by atoms with Crippen molar-refractivity contribution in [2.45, 2.75) is 26.3 Å². The van der Waals surface area contributed by atoms with Crippen LogP contribution >= 0.6 is 0 Å². The molecule has 2 rings (SSSR count). The minimum Gasteiger partial charge on any atom is -0.469 e. The van der Waals surface area contributed by atoms with E-state index in [0.717, 1.165) is 17.7 Å². The van der Waals surface area contributed by atoms with Gasteiger partial charge in [-0.3, -0.25) is 0 Å². The van der Waals surface area contributed by atoms with Gasteiger partial charge in [-0.15, -0.1) is 0 Å². The Morgan fingerprint density at radius 3 is 2.38 bits per heavy atom. The van der Waals surface area contributed by atoms with Crippen LogP contribution in [0.4, 0.5) is 0 Å². The largest absolute Gasteiger partial charge is 0.469 e. The molecule has 2 nitrogen and oxygen atoms in total. The van der Waals surface area contributed by atoms with Gasteiger partial charge >= 0.3 is 0 Å². The number of aryl methyl sites for hydroxylation is 2. The van der Waals surface area contributed by atoms with Gasteiger partial charge in [-0.05, 0) is 31.9 Å². The van der Waals surface area contributed by atoms with Crippen LogP contribution in [0.1, 0.15) is 28.5 Å². The Balaban J connectivity index is 2.10. The maximum atomic E-state index is 6.15. The van der Waals surface area contributed by atoms with Gasteiger partial charge in [0.1, 0.15) is 5.76 Å². The molecule has 84 valence electrons. The minimum absolute atomic E-state index is 0.0152. The Hall–Kier alpha value is -1.54. The molecule has 1 heterocycles. The van der Waals surface area contributed by atoms with E-state index in [1.807, 2.05) is 13.0 Å². The van der Waals surface area contributed by atoms with Crippen molar-refractivity contribution in [1.82, 2.24) is 0 Å². The van der Waals surface area contributed by atoms with E-state index in [4.69, 9.17) is 10.2 Å². The Labute approximate surface area is 96.1 Å². The zero-order valence-electron chi connectivity index (χ0n) is 9.73.